The maximum absolute atomic E-state index is 12.8. The molecule has 1 aromatic carbocycles. The summed E-state index contributed by atoms with van der Waals surface area (Å²) in [5, 5.41) is 0. The third-order valence-corrected chi connectivity index (χ3v) is 5.12. The molecule has 1 fully saturated rings. The third kappa shape index (κ3) is 6.36. The van der Waals surface area contributed by atoms with Crippen LogP contribution in [0.25, 0.3) is 0 Å². The van der Waals surface area contributed by atoms with E-state index in [9.17, 15) is 9.59 Å². The zero-order chi connectivity index (χ0) is 18.8. The standard InChI is InChI=1S/C21H31NO4/c1-17-9-6-7-12-19(17)22(15-14-21(24)25-2)20(23)13-8-16-26-18-10-4-3-5-11-18/h3-5,10-11,17,19H,6-9,12-16H2,1-2H3. The van der Waals surface area contributed by atoms with Crippen molar-refractivity contribution in [2.45, 2.75) is 57.9 Å². The number of ether oxygens (including phenoxy) is 2. The fourth-order valence-corrected chi connectivity index (χ4v) is 3.62. The Morgan fingerprint density at radius 1 is 1.12 bits per heavy atom. The number of hydrogen-bond donors (Lipinski definition) is 0. The van der Waals surface area contributed by atoms with E-state index in [1.165, 1.54) is 13.5 Å². The first-order valence-corrected chi connectivity index (χ1v) is 9.66. The van der Waals surface area contributed by atoms with Crippen molar-refractivity contribution in [3.05, 3.63) is 30.3 Å². The number of para-hydroxylation sites is 1. The van der Waals surface area contributed by atoms with E-state index in [4.69, 9.17) is 9.47 Å². The topological polar surface area (TPSA) is 55.8 Å². The summed E-state index contributed by atoms with van der Waals surface area (Å²) in [6.07, 6.45) is 5.90. The number of benzene rings is 1. The van der Waals surface area contributed by atoms with Crippen LogP contribution in [0.15, 0.2) is 30.3 Å². The molecular weight excluding hydrogens is 330 g/mol. The summed E-state index contributed by atoms with van der Waals surface area (Å²) in [6.45, 7) is 3.17. The van der Waals surface area contributed by atoms with Gasteiger partial charge in [-0.3, -0.25) is 9.59 Å². The second kappa shape index (κ2) is 10.8. The molecule has 1 aliphatic rings. The van der Waals surface area contributed by atoms with Gasteiger partial charge in [0.15, 0.2) is 0 Å². The van der Waals surface area contributed by atoms with Gasteiger partial charge in [0.1, 0.15) is 5.75 Å². The monoisotopic (exact) mass is 361 g/mol. The molecule has 0 bridgehead atoms. The van der Waals surface area contributed by atoms with Crippen molar-refractivity contribution in [3.8, 4) is 5.75 Å². The van der Waals surface area contributed by atoms with E-state index in [0.29, 0.717) is 31.9 Å². The zero-order valence-corrected chi connectivity index (χ0v) is 16.0. The first-order chi connectivity index (χ1) is 12.6. The summed E-state index contributed by atoms with van der Waals surface area (Å²) in [5.41, 5.74) is 0. The van der Waals surface area contributed by atoms with Crippen LogP contribution in [0.5, 0.6) is 5.75 Å². The van der Waals surface area contributed by atoms with Crippen LogP contribution >= 0.6 is 0 Å². The van der Waals surface area contributed by atoms with Crippen molar-refractivity contribution >= 4 is 11.9 Å². The fourth-order valence-electron chi connectivity index (χ4n) is 3.62. The van der Waals surface area contributed by atoms with Gasteiger partial charge in [-0.25, -0.2) is 0 Å². The molecule has 2 rings (SSSR count). The molecule has 0 heterocycles. The first-order valence-electron chi connectivity index (χ1n) is 9.66. The SMILES string of the molecule is COC(=O)CCN(C(=O)CCCOc1ccccc1)C1CCCCC1C. The van der Waals surface area contributed by atoms with Crippen molar-refractivity contribution in [2.24, 2.45) is 5.92 Å². The Labute approximate surface area is 156 Å². The summed E-state index contributed by atoms with van der Waals surface area (Å²) in [4.78, 5) is 26.3. The summed E-state index contributed by atoms with van der Waals surface area (Å²) in [6, 6.07) is 9.86. The van der Waals surface area contributed by atoms with E-state index in [1.807, 2.05) is 35.2 Å². The minimum atomic E-state index is -0.265. The molecule has 1 aromatic rings. The second-order valence-electron chi connectivity index (χ2n) is 7.01. The molecule has 0 spiro atoms. The highest BCUT2D eigenvalue weighted by atomic mass is 16.5. The minimum absolute atomic E-state index is 0.115. The molecule has 1 aliphatic carbocycles. The normalized spacial score (nSPS) is 19.6. The molecule has 2 unspecified atom stereocenters. The quantitative estimate of drug-likeness (QED) is 0.496. The van der Waals surface area contributed by atoms with Crippen LogP contribution in [0.2, 0.25) is 0 Å². The summed E-state index contributed by atoms with van der Waals surface area (Å²) >= 11 is 0. The van der Waals surface area contributed by atoms with Crippen molar-refractivity contribution in [1.82, 2.24) is 4.90 Å². The van der Waals surface area contributed by atoms with Crippen molar-refractivity contribution in [2.75, 3.05) is 20.3 Å². The number of esters is 1. The number of methoxy groups -OCH3 is 1. The number of carbonyl (C=O) groups excluding carboxylic acids is 2. The zero-order valence-electron chi connectivity index (χ0n) is 16.0. The Morgan fingerprint density at radius 2 is 1.85 bits per heavy atom. The Morgan fingerprint density at radius 3 is 2.54 bits per heavy atom. The van der Waals surface area contributed by atoms with Crippen molar-refractivity contribution < 1.29 is 19.1 Å². The van der Waals surface area contributed by atoms with Gasteiger partial charge in [0.2, 0.25) is 5.91 Å². The number of carbonyl (C=O) groups is 2. The highest BCUT2D eigenvalue weighted by Crippen LogP contribution is 2.29. The molecule has 0 aliphatic heterocycles. The van der Waals surface area contributed by atoms with Crippen LogP contribution in [-0.2, 0) is 14.3 Å². The number of nitrogens with zero attached hydrogens (tertiary/aromatic N) is 1. The summed E-state index contributed by atoms with van der Waals surface area (Å²) < 4.78 is 10.4. The average molecular weight is 361 g/mol. The van der Waals surface area contributed by atoms with Crippen LogP contribution in [-0.4, -0.2) is 43.1 Å². The Bertz CT molecular complexity index is 560. The van der Waals surface area contributed by atoms with E-state index in [-0.39, 0.29) is 24.3 Å². The van der Waals surface area contributed by atoms with Gasteiger partial charge < -0.3 is 14.4 Å². The first kappa shape index (κ1) is 20.3. The van der Waals surface area contributed by atoms with Crippen molar-refractivity contribution in [3.63, 3.8) is 0 Å². The lowest BCUT2D eigenvalue weighted by Crippen LogP contribution is -2.46. The van der Waals surface area contributed by atoms with Crippen LogP contribution in [0, 0.1) is 5.92 Å². The van der Waals surface area contributed by atoms with E-state index in [2.05, 4.69) is 6.92 Å². The van der Waals surface area contributed by atoms with Crippen LogP contribution in [0.1, 0.15) is 51.9 Å². The lowest BCUT2D eigenvalue weighted by Gasteiger charge is -2.38. The smallest absolute Gasteiger partial charge is 0.307 e. The lowest BCUT2D eigenvalue weighted by atomic mass is 9.84. The molecule has 0 radical (unpaired) electrons. The van der Waals surface area contributed by atoms with Crippen LogP contribution in [0.4, 0.5) is 0 Å². The maximum atomic E-state index is 12.8. The Hall–Kier alpha value is -2.04. The highest BCUT2D eigenvalue weighted by molar-refractivity contribution is 5.77. The summed E-state index contributed by atoms with van der Waals surface area (Å²) in [7, 11) is 1.39. The maximum Gasteiger partial charge on any atom is 0.307 e. The van der Waals surface area contributed by atoms with Crippen LogP contribution < -0.4 is 4.74 Å². The molecule has 2 atom stereocenters. The predicted molar refractivity (Wildman–Crippen MR) is 101 cm³/mol. The van der Waals surface area contributed by atoms with Gasteiger partial charge in [-0.1, -0.05) is 38.0 Å². The molecular formula is C21H31NO4. The van der Waals surface area contributed by atoms with Gasteiger partial charge in [-0.05, 0) is 37.3 Å². The molecule has 144 valence electrons. The fraction of sp³-hybridized carbons (Fsp3) is 0.619. The minimum Gasteiger partial charge on any atom is -0.494 e. The predicted octanol–water partition coefficient (Wildman–Crippen LogP) is 3.82. The molecule has 1 amide bonds. The number of amides is 1. The second-order valence-corrected chi connectivity index (χ2v) is 7.01. The molecule has 0 saturated heterocycles. The molecule has 5 nitrogen and oxygen atoms in total. The van der Waals surface area contributed by atoms with E-state index >= 15 is 0 Å². The van der Waals surface area contributed by atoms with Gasteiger partial charge >= 0.3 is 5.97 Å². The lowest BCUT2D eigenvalue weighted by molar-refractivity contribution is -0.143. The van der Waals surface area contributed by atoms with E-state index in [1.54, 1.807) is 0 Å². The number of hydrogen-bond acceptors (Lipinski definition) is 4. The van der Waals surface area contributed by atoms with Gasteiger partial charge in [0, 0.05) is 19.0 Å². The number of rotatable bonds is 9. The molecule has 5 heteroatoms. The van der Waals surface area contributed by atoms with E-state index in [0.717, 1.165) is 25.0 Å². The molecule has 0 aromatic heterocycles. The highest BCUT2D eigenvalue weighted by Gasteiger charge is 2.30. The summed E-state index contributed by atoms with van der Waals surface area (Å²) in [5.74, 6) is 1.15. The molecule has 26 heavy (non-hydrogen) atoms. The Balaban J connectivity index is 1.86. The average Bonchev–Trinajstić information content (AvgIpc) is 2.67. The molecule has 1 saturated carbocycles. The van der Waals surface area contributed by atoms with Crippen molar-refractivity contribution in [1.29, 1.82) is 0 Å². The molecule has 0 N–H and O–H groups in total. The van der Waals surface area contributed by atoms with Gasteiger partial charge in [0.25, 0.3) is 0 Å². The van der Waals surface area contributed by atoms with Gasteiger partial charge in [-0.2, -0.15) is 0 Å². The largest absolute Gasteiger partial charge is 0.494 e. The van der Waals surface area contributed by atoms with Crippen LogP contribution in [0.3, 0.4) is 0 Å². The third-order valence-electron chi connectivity index (χ3n) is 5.12. The van der Waals surface area contributed by atoms with E-state index < -0.39 is 0 Å². The van der Waals surface area contributed by atoms with Gasteiger partial charge in [0.05, 0.1) is 20.1 Å². The Kier molecular flexibility index (Phi) is 8.45. The van der Waals surface area contributed by atoms with Gasteiger partial charge in [-0.15, -0.1) is 0 Å².